The summed E-state index contributed by atoms with van der Waals surface area (Å²) in [6.45, 7) is 4.99. The summed E-state index contributed by atoms with van der Waals surface area (Å²) in [5.74, 6) is -0.764. The molecule has 6 nitrogen and oxygen atoms in total. The Hall–Kier alpha value is -2.14. The summed E-state index contributed by atoms with van der Waals surface area (Å²) in [5.41, 5.74) is -0.637. The Bertz CT molecular complexity index is 643. The van der Waals surface area contributed by atoms with Crippen molar-refractivity contribution in [3.63, 3.8) is 0 Å². The molecule has 3 N–H and O–H groups in total. The van der Waals surface area contributed by atoms with Crippen molar-refractivity contribution in [1.29, 1.82) is 0 Å². The zero-order valence-corrected chi connectivity index (χ0v) is 15.4. The second kappa shape index (κ2) is 8.91. The Morgan fingerprint density at radius 3 is 2.07 bits per heavy atom. The maximum absolute atomic E-state index is 12.8. The number of hydrogen-bond acceptors (Lipinski definition) is 5. The van der Waals surface area contributed by atoms with Crippen LogP contribution in [0.3, 0.4) is 0 Å². The van der Waals surface area contributed by atoms with Gasteiger partial charge in [0.15, 0.2) is 0 Å². The van der Waals surface area contributed by atoms with E-state index < -0.39 is 41.9 Å². The van der Waals surface area contributed by atoms with Crippen LogP contribution in [0.1, 0.15) is 38.9 Å². The van der Waals surface area contributed by atoms with Crippen LogP contribution in [0.5, 0.6) is 5.75 Å². The second-order valence-electron chi connectivity index (χ2n) is 6.92. The predicted molar refractivity (Wildman–Crippen MR) is 87.9 cm³/mol. The third kappa shape index (κ3) is 7.47. The Kier molecular flexibility index (Phi) is 7.60. The first-order valence-corrected chi connectivity index (χ1v) is 8.19. The molecule has 11 heteroatoms. The Morgan fingerprint density at radius 1 is 1.07 bits per heavy atom. The molecule has 1 aromatic rings. The number of halogens is 5. The monoisotopic (exact) mass is 415 g/mol. The quantitative estimate of drug-likeness (QED) is 0.593. The number of aliphatic hydroxyl groups excluding tert-OH is 2. The van der Waals surface area contributed by atoms with Gasteiger partial charge in [0.1, 0.15) is 17.5 Å². The van der Waals surface area contributed by atoms with Gasteiger partial charge in [-0.15, -0.1) is 0 Å². The molecule has 2 atom stereocenters. The molecule has 0 heterocycles. The van der Waals surface area contributed by atoms with Gasteiger partial charge in [-0.05, 0) is 44.9 Å². The minimum absolute atomic E-state index is 0.0217. The van der Waals surface area contributed by atoms with Crippen molar-refractivity contribution in [2.75, 3.05) is 6.54 Å². The van der Waals surface area contributed by atoms with Gasteiger partial charge in [-0.25, -0.2) is 4.79 Å². The van der Waals surface area contributed by atoms with Crippen LogP contribution in [0.4, 0.5) is 26.7 Å². The second-order valence-corrected chi connectivity index (χ2v) is 6.92. The van der Waals surface area contributed by atoms with E-state index in [2.05, 4.69) is 10.1 Å². The molecule has 1 rings (SSSR count). The normalized spacial score (nSPS) is 14.9. The molecular formula is C17H22F5NO5. The number of rotatable bonds is 7. The Balaban J connectivity index is 2.58. The van der Waals surface area contributed by atoms with Gasteiger partial charge in [-0.3, -0.25) is 0 Å². The molecule has 0 aliphatic rings. The van der Waals surface area contributed by atoms with E-state index in [1.807, 2.05) is 0 Å². The zero-order chi connectivity index (χ0) is 21.8. The maximum Gasteiger partial charge on any atom is 0.499 e. The lowest BCUT2D eigenvalue weighted by atomic mass is 10.0. The fourth-order valence-corrected chi connectivity index (χ4v) is 1.96. The van der Waals surface area contributed by atoms with Crippen molar-refractivity contribution in [3.05, 3.63) is 29.8 Å². The number of alkyl carbamates (subject to hydrolysis) is 1. The van der Waals surface area contributed by atoms with Crippen molar-refractivity contribution < 1.29 is 46.4 Å². The van der Waals surface area contributed by atoms with Gasteiger partial charge < -0.3 is 25.0 Å². The van der Waals surface area contributed by atoms with E-state index in [0.29, 0.717) is 0 Å². The molecule has 0 radical (unpaired) electrons. The molecule has 0 saturated heterocycles. The lowest BCUT2D eigenvalue weighted by molar-refractivity contribution is -0.360. The van der Waals surface area contributed by atoms with Gasteiger partial charge in [0.05, 0.1) is 6.10 Å². The van der Waals surface area contributed by atoms with Gasteiger partial charge in [0, 0.05) is 6.54 Å². The zero-order valence-electron chi connectivity index (χ0n) is 15.4. The van der Waals surface area contributed by atoms with Gasteiger partial charge in [0.2, 0.25) is 0 Å². The molecule has 0 aliphatic carbocycles. The highest BCUT2D eigenvalue weighted by molar-refractivity contribution is 5.67. The average molecular weight is 415 g/mol. The van der Waals surface area contributed by atoms with E-state index in [0.717, 1.165) is 24.3 Å². The predicted octanol–water partition coefficient (Wildman–Crippen LogP) is 3.53. The van der Waals surface area contributed by atoms with Gasteiger partial charge in [-0.2, -0.15) is 22.0 Å². The fourth-order valence-electron chi connectivity index (χ4n) is 1.96. The van der Waals surface area contributed by atoms with Crippen LogP contribution in [0, 0.1) is 0 Å². The number of amides is 1. The molecule has 0 spiro atoms. The van der Waals surface area contributed by atoms with E-state index in [1.165, 1.54) is 0 Å². The molecule has 1 amide bonds. The van der Waals surface area contributed by atoms with Crippen LogP contribution in [0.2, 0.25) is 0 Å². The summed E-state index contributed by atoms with van der Waals surface area (Å²) in [6.07, 6.45) is -14.8. The Labute approximate surface area is 158 Å². The summed E-state index contributed by atoms with van der Waals surface area (Å²) < 4.78 is 70.6. The maximum atomic E-state index is 12.8. The van der Waals surface area contributed by atoms with Crippen molar-refractivity contribution in [2.24, 2.45) is 0 Å². The topological polar surface area (TPSA) is 88.0 Å². The molecule has 1 aromatic carbocycles. The number of ether oxygens (including phenoxy) is 2. The smallest absolute Gasteiger partial charge is 0.444 e. The molecule has 0 fully saturated rings. The largest absolute Gasteiger partial charge is 0.499 e. The van der Waals surface area contributed by atoms with Crippen molar-refractivity contribution >= 4 is 6.09 Å². The minimum Gasteiger partial charge on any atom is -0.444 e. The Morgan fingerprint density at radius 2 is 1.61 bits per heavy atom. The summed E-state index contributed by atoms with van der Waals surface area (Å²) in [6, 6.07) is 3.70. The van der Waals surface area contributed by atoms with Gasteiger partial charge >= 0.3 is 18.4 Å². The first-order valence-electron chi connectivity index (χ1n) is 8.19. The van der Waals surface area contributed by atoms with Crippen molar-refractivity contribution in [2.45, 2.75) is 57.3 Å². The lowest BCUT2D eigenvalue weighted by Crippen LogP contribution is -2.41. The molecule has 160 valence electrons. The van der Waals surface area contributed by atoms with Crippen molar-refractivity contribution in [1.82, 2.24) is 5.32 Å². The molecule has 0 aromatic heterocycles. The van der Waals surface area contributed by atoms with Crippen molar-refractivity contribution in [3.8, 4) is 5.75 Å². The summed E-state index contributed by atoms with van der Waals surface area (Å²) >= 11 is 0. The number of aliphatic hydroxyl groups is 2. The van der Waals surface area contributed by atoms with Crippen LogP contribution in [-0.2, 0) is 4.74 Å². The number of nitrogens with one attached hydrogen (secondary N) is 1. The van der Waals surface area contributed by atoms with Crippen LogP contribution in [0.25, 0.3) is 0 Å². The molecule has 28 heavy (non-hydrogen) atoms. The van der Waals surface area contributed by atoms with E-state index in [4.69, 9.17) is 4.74 Å². The molecule has 0 bridgehead atoms. The minimum atomic E-state index is -5.87. The lowest BCUT2D eigenvalue weighted by Gasteiger charge is -2.22. The standard InChI is InChI=1S/C17H22F5NO5/c1-15(2,3)28-14(26)23-9-8-12(24)13(25)10-4-6-11(7-5-10)27-17(21,22)16(18,19)20/h4-7,12-13,24-25H,8-9H2,1-3H3,(H,23,26). The highest BCUT2D eigenvalue weighted by Crippen LogP contribution is 2.37. The summed E-state index contributed by atoms with van der Waals surface area (Å²) in [5, 5.41) is 22.4. The molecule has 0 aliphatic heterocycles. The first-order chi connectivity index (χ1) is 12.6. The van der Waals surface area contributed by atoms with E-state index in [1.54, 1.807) is 20.8 Å². The number of alkyl halides is 5. The SMILES string of the molecule is CC(C)(C)OC(=O)NCCC(O)C(O)c1ccc(OC(F)(F)C(F)(F)F)cc1. The average Bonchev–Trinajstić information content (AvgIpc) is 2.51. The summed E-state index contributed by atoms with van der Waals surface area (Å²) in [7, 11) is 0. The number of carbonyl (C=O) groups excluding carboxylic acids is 1. The van der Waals surface area contributed by atoms with Gasteiger partial charge in [0.25, 0.3) is 0 Å². The number of carbonyl (C=O) groups is 1. The van der Waals surface area contributed by atoms with Crippen LogP contribution in [-0.4, -0.2) is 46.8 Å². The summed E-state index contributed by atoms with van der Waals surface area (Å²) in [4.78, 5) is 11.5. The third-order valence-electron chi connectivity index (χ3n) is 3.27. The third-order valence-corrected chi connectivity index (χ3v) is 3.27. The fraction of sp³-hybridized carbons (Fsp3) is 0.588. The number of benzene rings is 1. The molecular weight excluding hydrogens is 393 g/mol. The van der Waals surface area contributed by atoms with E-state index >= 15 is 0 Å². The first kappa shape index (κ1) is 23.9. The molecule has 2 unspecified atom stereocenters. The van der Waals surface area contributed by atoms with Crippen LogP contribution >= 0.6 is 0 Å². The highest BCUT2D eigenvalue weighted by atomic mass is 19.4. The number of hydrogen-bond donors (Lipinski definition) is 3. The van der Waals surface area contributed by atoms with Gasteiger partial charge in [-0.1, -0.05) is 12.1 Å². The molecule has 0 saturated carbocycles. The van der Waals surface area contributed by atoms with Crippen LogP contribution < -0.4 is 10.1 Å². The van der Waals surface area contributed by atoms with Crippen LogP contribution in [0.15, 0.2) is 24.3 Å². The van der Waals surface area contributed by atoms with E-state index in [-0.39, 0.29) is 18.5 Å². The highest BCUT2D eigenvalue weighted by Gasteiger charge is 2.61. The van der Waals surface area contributed by atoms with E-state index in [9.17, 15) is 37.0 Å².